The molecular weight excluding hydrogens is 484 g/mol. The maximum atomic E-state index is 13.0. The van der Waals surface area contributed by atoms with Crippen molar-refractivity contribution in [2.45, 2.75) is 30.7 Å². The van der Waals surface area contributed by atoms with E-state index in [1.165, 1.54) is 32.4 Å². The van der Waals surface area contributed by atoms with E-state index >= 15 is 0 Å². The number of hydrogen-bond donors (Lipinski definition) is 7. The molecule has 0 aliphatic carbocycles. The summed E-state index contributed by atoms with van der Waals surface area (Å²) in [5, 5.41) is 70.5. The van der Waals surface area contributed by atoms with Gasteiger partial charge < -0.3 is 59.1 Å². The largest absolute Gasteiger partial charge is 0.507 e. The first-order valence-electron chi connectivity index (χ1n) is 10.6. The molecule has 2 heterocycles. The van der Waals surface area contributed by atoms with Gasteiger partial charge in [0, 0.05) is 11.6 Å². The fourth-order valence-corrected chi connectivity index (χ4v) is 3.86. The Kier molecular flexibility index (Phi) is 6.84. The molecule has 0 saturated carbocycles. The van der Waals surface area contributed by atoms with Crippen LogP contribution in [0.15, 0.2) is 33.5 Å². The predicted molar refractivity (Wildman–Crippen MR) is 120 cm³/mol. The van der Waals surface area contributed by atoms with Crippen molar-refractivity contribution in [3.63, 3.8) is 0 Å². The van der Waals surface area contributed by atoms with E-state index in [1.54, 1.807) is 0 Å². The Morgan fingerprint density at radius 2 is 1.61 bits per heavy atom. The molecule has 0 spiro atoms. The van der Waals surface area contributed by atoms with Gasteiger partial charge in [-0.05, 0) is 18.2 Å². The molecule has 0 bridgehead atoms. The molecule has 7 N–H and O–H groups in total. The van der Waals surface area contributed by atoms with Crippen LogP contribution < -0.4 is 19.6 Å². The third-order valence-electron chi connectivity index (χ3n) is 5.79. The van der Waals surface area contributed by atoms with Crippen LogP contribution in [0.25, 0.3) is 22.3 Å². The van der Waals surface area contributed by atoms with E-state index in [2.05, 4.69) is 0 Å². The van der Waals surface area contributed by atoms with Crippen LogP contribution >= 0.6 is 0 Å². The molecule has 1 aliphatic rings. The summed E-state index contributed by atoms with van der Waals surface area (Å²) >= 11 is 0. The average Bonchev–Trinajstić information content (AvgIpc) is 2.87. The fourth-order valence-electron chi connectivity index (χ4n) is 3.86. The smallest absolute Gasteiger partial charge is 0.238 e. The average molecular weight is 508 g/mol. The van der Waals surface area contributed by atoms with Crippen molar-refractivity contribution in [3.8, 4) is 45.8 Å². The number of phenolic OH excluding ortho intramolecular Hbond substituents is 2. The summed E-state index contributed by atoms with van der Waals surface area (Å²) in [6, 6.07) is 4.92. The van der Waals surface area contributed by atoms with E-state index < -0.39 is 71.0 Å². The zero-order chi connectivity index (χ0) is 26.3. The van der Waals surface area contributed by atoms with Crippen LogP contribution in [0.2, 0.25) is 0 Å². The molecule has 0 amide bonds. The molecule has 1 saturated heterocycles. The highest BCUT2D eigenvalue weighted by Gasteiger charge is 2.45. The second-order valence-electron chi connectivity index (χ2n) is 7.94. The van der Waals surface area contributed by atoms with Crippen LogP contribution in [0, 0.1) is 0 Å². The van der Waals surface area contributed by atoms with E-state index in [1.807, 2.05) is 0 Å². The molecule has 1 fully saturated rings. The lowest BCUT2D eigenvalue weighted by molar-refractivity contribution is -0.277. The van der Waals surface area contributed by atoms with Crippen molar-refractivity contribution in [2.75, 3.05) is 20.8 Å². The second kappa shape index (κ2) is 9.72. The molecule has 36 heavy (non-hydrogen) atoms. The third kappa shape index (κ3) is 4.12. The quantitative estimate of drug-likeness (QED) is 0.230. The fraction of sp³-hybridized carbons (Fsp3) is 0.348. The van der Waals surface area contributed by atoms with Crippen LogP contribution in [-0.2, 0) is 4.74 Å². The Bertz CT molecular complexity index is 1330. The molecule has 1 aliphatic heterocycles. The number of benzene rings is 2. The Balaban J connectivity index is 1.92. The Morgan fingerprint density at radius 3 is 2.22 bits per heavy atom. The summed E-state index contributed by atoms with van der Waals surface area (Å²) in [6.07, 6.45) is -8.19. The molecule has 5 atom stereocenters. The number of rotatable bonds is 6. The van der Waals surface area contributed by atoms with Gasteiger partial charge in [-0.25, -0.2) is 0 Å². The van der Waals surface area contributed by atoms with Crippen molar-refractivity contribution in [1.82, 2.24) is 0 Å². The van der Waals surface area contributed by atoms with Gasteiger partial charge in [-0.1, -0.05) is 0 Å². The molecule has 194 valence electrons. The van der Waals surface area contributed by atoms with Crippen molar-refractivity contribution >= 4 is 11.0 Å². The van der Waals surface area contributed by atoms with Crippen LogP contribution in [0.4, 0.5) is 0 Å². The second-order valence-corrected chi connectivity index (χ2v) is 7.94. The zero-order valence-corrected chi connectivity index (χ0v) is 19.0. The third-order valence-corrected chi connectivity index (χ3v) is 5.79. The van der Waals surface area contributed by atoms with Crippen molar-refractivity contribution in [3.05, 3.63) is 34.5 Å². The van der Waals surface area contributed by atoms with E-state index in [0.29, 0.717) is 0 Å². The minimum Gasteiger partial charge on any atom is -0.507 e. The lowest BCUT2D eigenvalue weighted by Crippen LogP contribution is -2.60. The molecule has 13 heteroatoms. The van der Waals surface area contributed by atoms with Crippen LogP contribution in [-0.4, -0.2) is 87.3 Å². The first-order chi connectivity index (χ1) is 17.1. The Labute approximate surface area is 202 Å². The standard InChI is InChI=1S/C23H24O13/c1-32-11-4-3-8(5-9(11)25)20-18(30)16(28)14-10(26)6-12(33-2)21(22(14)35-20)36-23-19(31)17(29)15(27)13(7-24)34-23/h3-6,13,15,17,19,23-27,29-31H,7H2,1-2H3/t13-,15+,17-,19+,23-/m0/s1. The van der Waals surface area contributed by atoms with E-state index in [4.69, 9.17) is 23.4 Å². The first kappa shape index (κ1) is 25.3. The maximum Gasteiger partial charge on any atom is 0.238 e. The molecule has 3 aromatic rings. The molecular formula is C23H24O13. The van der Waals surface area contributed by atoms with Crippen LogP contribution in [0.1, 0.15) is 0 Å². The van der Waals surface area contributed by atoms with Gasteiger partial charge >= 0.3 is 0 Å². The SMILES string of the molecule is COc1ccc(-c2oc3c(O[C@@H]4O[C@@H](CO)[C@@H](O)[C@H](O)[C@H]4O)c(OC)cc(O)c3c(=O)c2O)cc1O. The highest BCUT2D eigenvalue weighted by molar-refractivity contribution is 5.93. The van der Waals surface area contributed by atoms with Gasteiger partial charge in [0.05, 0.1) is 20.8 Å². The minimum absolute atomic E-state index is 0.0610. The number of methoxy groups -OCH3 is 2. The van der Waals surface area contributed by atoms with Crippen molar-refractivity contribution in [2.24, 2.45) is 0 Å². The monoisotopic (exact) mass is 508 g/mol. The Morgan fingerprint density at radius 1 is 0.917 bits per heavy atom. The molecule has 4 rings (SSSR count). The number of hydrogen-bond acceptors (Lipinski definition) is 13. The normalized spacial score (nSPS) is 24.0. The summed E-state index contributed by atoms with van der Waals surface area (Å²) in [5.41, 5.74) is -1.43. The minimum atomic E-state index is -1.81. The molecule has 0 radical (unpaired) electrons. The van der Waals surface area contributed by atoms with Gasteiger partial charge in [0.25, 0.3) is 0 Å². The summed E-state index contributed by atoms with van der Waals surface area (Å²) < 4.78 is 27.0. The van der Waals surface area contributed by atoms with Crippen molar-refractivity contribution < 1.29 is 59.1 Å². The molecule has 0 unspecified atom stereocenters. The van der Waals surface area contributed by atoms with Gasteiger partial charge in [0.1, 0.15) is 35.6 Å². The zero-order valence-electron chi connectivity index (χ0n) is 19.0. The summed E-state index contributed by atoms with van der Waals surface area (Å²) in [6.45, 7) is -0.716. The van der Waals surface area contributed by atoms with Gasteiger partial charge in [0.2, 0.25) is 23.2 Å². The first-order valence-corrected chi connectivity index (χ1v) is 10.6. The number of aliphatic hydroxyl groups excluding tert-OH is 4. The highest BCUT2D eigenvalue weighted by Crippen LogP contribution is 2.45. The van der Waals surface area contributed by atoms with Crippen LogP contribution in [0.5, 0.6) is 34.5 Å². The van der Waals surface area contributed by atoms with E-state index in [-0.39, 0.29) is 28.6 Å². The Hall–Kier alpha value is -3.75. The van der Waals surface area contributed by atoms with E-state index in [0.717, 1.165) is 6.07 Å². The topological polar surface area (TPSA) is 209 Å². The van der Waals surface area contributed by atoms with E-state index in [9.17, 15) is 40.5 Å². The maximum absolute atomic E-state index is 13.0. The lowest BCUT2D eigenvalue weighted by Gasteiger charge is -2.39. The van der Waals surface area contributed by atoms with Gasteiger partial charge in [-0.3, -0.25) is 4.79 Å². The predicted octanol–water partition coefficient (Wildman–Crippen LogP) is -0.227. The number of phenols is 2. The van der Waals surface area contributed by atoms with Crippen LogP contribution in [0.3, 0.4) is 0 Å². The highest BCUT2D eigenvalue weighted by atomic mass is 16.7. The van der Waals surface area contributed by atoms with Gasteiger partial charge in [0.15, 0.2) is 28.6 Å². The molecule has 13 nitrogen and oxygen atoms in total. The van der Waals surface area contributed by atoms with Gasteiger partial charge in [-0.2, -0.15) is 0 Å². The summed E-state index contributed by atoms with van der Waals surface area (Å²) in [4.78, 5) is 13.0. The van der Waals surface area contributed by atoms with Gasteiger partial charge in [-0.15, -0.1) is 0 Å². The van der Waals surface area contributed by atoms with Crippen molar-refractivity contribution in [1.29, 1.82) is 0 Å². The summed E-state index contributed by atoms with van der Waals surface area (Å²) in [5.74, 6) is -2.67. The number of aromatic hydroxyl groups is 3. The number of aliphatic hydroxyl groups is 4. The number of fused-ring (bicyclic) bond motifs is 1. The molecule has 2 aromatic carbocycles. The lowest BCUT2D eigenvalue weighted by atomic mass is 9.99. The summed E-state index contributed by atoms with van der Waals surface area (Å²) in [7, 11) is 2.54. The number of ether oxygens (including phenoxy) is 4. The molecule has 1 aromatic heterocycles.